The molecule has 0 fully saturated rings. The number of aromatic carboxylic acids is 1. The summed E-state index contributed by atoms with van der Waals surface area (Å²) < 4.78 is 6.63. The molecule has 96 valence electrons. The summed E-state index contributed by atoms with van der Waals surface area (Å²) in [6, 6.07) is 7.38. The molecular formula is C12H9N3O3S. The third kappa shape index (κ3) is 1.84. The number of carbonyl (C=O) groups is 1. The number of ether oxygens (including phenoxy) is 1. The number of benzene rings is 1. The van der Waals surface area contributed by atoms with Crippen molar-refractivity contribution in [2.24, 2.45) is 0 Å². The third-order valence-electron chi connectivity index (χ3n) is 2.73. The van der Waals surface area contributed by atoms with Crippen molar-refractivity contribution in [3.63, 3.8) is 0 Å². The number of thiazole rings is 1. The highest BCUT2D eigenvalue weighted by Gasteiger charge is 2.18. The van der Waals surface area contributed by atoms with Gasteiger partial charge >= 0.3 is 5.97 Å². The predicted molar refractivity (Wildman–Crippen MR) is 69.8 cm³/mol. The molecule has 0 bridgehead atoms. The van der Waals surface area contributed by atoms with Crippen molar-refractivity contribution in [1.29, 1.82) is 0 Å². The van der Waals surface area contributed by atoms with Crippen LogP contribution in [0.3, 0.4) is 0 Å². The maximum atomic E-state index is 11.1. The average molecular weight is 275 g/mol. The number of hydrogen-bond acceptors (Lipinski definition) is 5. The van der Waals surface area contributed by atoms with Crippen LogP contribution < -0.4 is 4.74 Å². The molecule has 0 saturated heterocycles. The maximum Gasteiger partial charge on any atom is 0.374 e. The molecular weight excluding hydrogens is 266 g/mol. The van der Waals surface area contributed by atoms with Crippen molar-refractivity contribution in [2.75, 3.05) is 7.11 Å². The van der Waals surface area contributed by atoms with E-state index in [-0.39, 0.29) is 5.82 Å². The molecule has 3 aromatic rings. The number of nitrogens with zero attached hydrogens (tertiary/aromatic N) is 3. The van der Waals surface area contributed by atoms with Gasteiger partial charge in [0.05, 0.1) is 12.8 Å². The number of rotatable bonds is 3. The molecule has 0 radical (unpaired) electrons. The van der Waals surface area contributed by atoms with Gasteiger partial charge in [-0.2, -0.15) is 0 Å². The first-order valence-electron chi connectivity index (χ1n) is 5.41. The lowest BCUT2D eigenvalue weighted by atomic mass is 10.1. The highest BCUT2D eigenvalue weighted by atomic mass is 32.1. The smallest absolute Gasteiger partial charge is 0.374 e. The van der Waals surface area contributed by atoms with E-state index in [1.54, 1.807) is 7.11 Å². The lowest BCUT2D eigenvalue weighted by Gasteiger charge is -2.03. The Labute approximate surface area is 111 Å². The summed E-state index contributed by atoms with van der Waals surface area (Å²) in [4.78, 5) is 11.7. The molecule has 0 aliphatic carbocycles. The Morgan fingerprint density at radius 3 is 2.68 bits per heavy atom. The summed E-state index contributed by atoms with van der Waals surface area (Å²) in [5.74, 6) is -0.430. The molecule has 0 spiro atoms. The minimum atomic E-state index is -1.10. The molecule has 0 atom stereocenters. The Hall–Kier alpha value is -2.41. The van der Waals surface area contributed by atoms with E-state index in [1.807, 2.05) is 29.6 Å². The van der Waals surface area contributed by atoms with E-state index in [1.165, 1.54) is 15.7 Å². The van der Waals surface area contributed by atoms with Crippen LogP contribution in [0.15, 0.2) is 29.6 Å². The fraction of sp³-hybridized carbons (Fsp3) is 0.0833. The topological polar surface area (TPSA) is 76.7 Å². The monoisotopic (exact) mass is 275 g/mol. The van der Waals surface area contributed by atoms with Gasteiger partial charge < -0.3 is 9.84 Å². The van der Waals surface area contributed by atoms with Crippen molar-refractivity contribution in [3.8, 4) is 17.0 Å². The Morgan fingerprint density at radius 1 is 1.32 bits per heavy atom. The molecule has 0 aliphatic heterocycles. The summed E-state index contributed by atoms with van der Waals surface area (Å²) >= 11 is 1.35. The summed E-state index contributed by atoms with van der Waals surface area (Å²) in [6.07, 6.45) is 0. The molecule has 19 heavy (non-hydrogen) atoms. The zero-order chi connectivity index (χ0) is 13.4. The van der Waals surface area contributed by atoms with E-state index >= 15 is 0 Å². The second-order valence-corrected chi connectivity index (χ2v) is 4.63. The average Bonchev–Trinajstić information content (AvgIpc) is 2.99. The van der Waals surface area contributed by atoms with E-state index in [2.05, 4.69) is 10.2 Å². The van der Waals surface area contributed by atoms with E-state index in [0.29, 0.717) is 4.96 Å². The van der Waals surface area contributed by atoms with E-state index < -0.39 is 5.97 Å². The van der Waals surface area contributed by atoms with Crippen molar-refractivity contribution in [3.05, 3.63) is 35.5 Å². The number of aromatic nitrogens is 3. The SMILES string of the molecule is COc1ccc(-c2csc3nnc(C(=O)O)n23)cc1. The summed E-state index contributed by atoms with van der Waals surface area (Å²) in [5, 5.41) is 18.5. The molecule has 1 N–H and O–H groups in total. The van der Waals surface area contributed by atoms with Crippen LogP contribution in [0.4, 0.5) is 0 Å². The van der Waals surface area contributed by atoms with E-state index in [4.69, 9.17) is 9.84 Å². The largest absolute Gasteiger partial charge is 0.497 e. The van der Waals surface area contributed by atoms with Crippen LogP contribution in [0.25, 0.3) is 16.2 Å². The zero-order valence-electron chi connectivity index (χ0n) is 9.90. The molecule has 6 nitrogen and oxygen atoms in total. The number of carboxylic acid groups (broad SMARTS) is 1. The Kier molecular flexibility index (Phi) is 2.68. The third-order valence-corrected chi connectivity index (χ3v) is 3.54. The molecule has 0 aliphatic rings. The van der Waals surface area contributed by atoms with Gasteiger partial charge in [-0.15, -0.1) is 21.5 Å². The quantitative estimate of drug-likeness (QED) is 0.792. The van der Waals surface area contributed by atoms with E-state index in [0.717, 1.165) is 17.0 Å². The lowest BCUT2D eigenvalue weighted by molar-refractivity contribution is 0.0682. The van der Waals surface area contributed by atoms with Gasteiger partial charge in [-0.25, -0.2) is 4.79 Å². The molecule has 2 aromatic heterocycles. The van der Waals surface area contributed by atoms with Crippen LogP contribution in [-0.2, 0) is 0 Å². The lowest BCUT2D eigenvalue weighted by Crippen LogP contribution is -2.04. The Morgan fingerprint density at radius 2 is 2.05 bits per heavy atom. The van der Waals surface area contributed by atoms with Gasteiger partial charge in [0.2, 0.25) is 10.8 Å². The fourth-order valence-electron chi connectivity index (χ4n) is 1.82. The first-order valence-corrected chi connectivity index (χ1v) is 6.29. The molecule has 1 aromatic carbocycles. The van der Waals surface area contributed by atoms with E-state index in [9.17, 15) is 4.79 Å². The zero-order valence-corrected chi connectivity index (χ0v) is 10.7. The standard InChI is InChI=1S/C12H9N3O3S/c1-18-8-4-2-7(3-5-8)9-6-19-12-14-13-10(11(16)17)15(9)12/h2-6H,1H3,(H,16,17). The van der Waals surface area contributed by atoms with Gasteiger partial charge in [-0.1, -0.05) is 0 Å². The number of methoxy groups -OCH3 is 1. The van der Waals surface area contributed by atoms with Gasteiger partial charge in [-0.05, 0) is 29.8 Å². The second-order valence-electron chi connectivity index (χ2n) is 3.80. The maximum absolute atomic E-state index is 11.1. The number of hydrogen-bond donors (Lipinski definition) is 1. The molecule has 0 unspecified atom stereocenters. The molecule has 0 amide bonds. The normalized spacial score (nSPS) is 10.8. The number of fused-ring (bicyclic) bond motifs is 1. The molecule has 0 saturated carbocycles. The molecule has 3 rings (SSSR count). The highest BCUT2D eigenvalue weighted by molar-refractivity contribution is 7.15. The van der Waals surface area contributed by atoms with Gasteiger partial charge in [-0.3, -0.25) is 4.40 Å². The van der Waals surface area contributed by atoms with Crippen LogP contribution in [0.1, 0.15) is 10.6 Å². The number of carboxylic acids is 1. The first-order chi connectivity index (χ1) is 9.20. The van der Waals surface area contributed by atoms with Gasteiger partial charge in [0.1, 0.15) is 5.75 Å². The van der Waals surface area contributed by atoms with Gasteiger partial charge in [0, 0.05) is 5.38 Å². The Bertz CT molecular complexity index is 745. The summed E-state index contributed by atoms with van der Waals surface area (Å²) in [7, 11) is 1.60. The Balaban J connectivity index is 2.18. The van der Waals surface area contributed by atoms with Gasteiger partial charge in [0.15, 0.2) is 0 Å². The second kappa shape index (κ2) is 4.36. The van der Waals surface area contributed by atoms with Crippen LogP contribution in [0, 0.1) is 0 Å². The van der Waals surface area contributed by atoms with Crippen LogP contribution in [0.5, 0.6) is 5.75 Å². The van der Waals surface area contributed by atoms with Crippen LogP contribution in [0.2, 0.25) is 0 Å². The van der Waals surface area contributed by atoms with Crippen molar-refractivity contribution in [1.82, 2.24) is 14.6 Å². The summed E-state index contributed by atoms with van der Waals surface area (Å²) in [6.45, 7) is 0. The predicted octanol–water partition coefficient (Wildman–Crippen LogP) is 2.16. The minimum absolute atomic E-state index is 0.0814. The van der Waals surface area contributed by atoms with Crippen LogP contribution in [-0.4, -0.2) is 32.8 Å². The molecule has 7 heteroatoms. The van der Waals surface area contributed by atoms with Gasteiger partial charge in [0.25, 0.3) is 0 Å². The summed E-state index contributed by atoms with van der Waals surface area (Å²) in [5.41, 5.74) is 1.64. The molecule has 2 heterocycles. The van der Waals surface area contributed by atoms with Crippen LogP contribution >= 0.6 is 11.3 Å². The first kappa shape index (κ1) is 11.7. The minimum Gasteiger partial charge on any atom is -0.497 e. The highest BCUT2D eigenvalue weighted by Crippen LogP contribution is 2.27. The van der Waals surface area contributed by atoms with Crippen molar-refractivity contribution in [2.45, 2.75) is 0 Å². The fourth-order valence-corrected chi connectivity index (χ4v) is 2.66. The van der Waals surface area contributed by atoms with Crippen molar-refractivity contribution < 1.29 is 14.6 Å². The van der Waals surface area contributed by atoms with Crippen molar-refractivity contribution >= 4 is 22.3 Å².